The molecule has 8 heteroatoms. The summed E-state index contributed by atoms with van der Waals surface area (Å²) in [4.78, 5) is 12.2. The largest absolute Gasteiger partial charge is 0.573 e. The molecule has 1 aromatic carbocycles. The van der Waals surface area contributed by atoms with Crippen molar-refractivity contribution in [1.29, 1.82) is 0 Å². The smallest absolute Gasteiger partial charge is 0.406 e. The van der Waals surface area contributed by atoms with Gasteiger partial charge in [-0.05, 0) is 19.1 Å². The molecule has 0 aliphatic carbocycles. The van der Waals surface area contributed by atoms with E-state index in [1.807, 2.05) is 0 Å². The molecule has 0 bridgehead atoms. The van der Waals surface area contributed by atoms with Crippen molar-refractivity contribution in [3.63, 3.8) is 0 Å². The highest BCUT2D eigenvalue weighted by Gasteiger charge is 2.44. The van der Waals surface area contributed by atoms with Gasteiger partial charge in [0.15, 0.2) is 0 Å². The topological polar surface area (TPSA) is 73.6 Å². The number of nitrogens with one attached hydrogen (secondary N) is 1. The van der Waals surface area contributed by atoms with Gasteiger partial charge in [0.2, 0.25) is 5.91 Å². The third kappa shape index (κ3) is 3.64. The van der Waals surface area contributed by atoms with Crippen LogP contribution in [-0.4, -0.2) is 31.5 Å². The highest BCUT2D eigenvalue weighted by Crippen LogP contribution is 2.30. The van der Waals surface area contributed by atoms with Crippen LogP contribution in [0.5, 0.6) is 5.75 Å². The number of anilines is 1. The maximum atomic E-state index is 12.2. The van der Waals surface area contributed by atoms with Crippen molar-refractivity contribution in [1.82, 2.24) is 0 Å². The number of hydrogen-bond acceptors (Lipinski definition) is 4. The summed E-state index contributed by atoms with van der Waals surface area (Å²) in [6.45, 7) is 2.08. The number of benzene rings is 1. The number of amides is 1. The maximum Gasteiger partial charge on any atom is 0.573 e. The zero-order valence-corrected chi connectivity index (χ0v) is 11.2. The number of ether oxygens (including phenoxy) is 2. The first-order valence-corrected chi connectivity index (χ1v) is 6.21. The average molecular weight is 304 g/mol. The number of carbonyl (C=O) groups is 1. The van der Waals surface area contributed by atoms with Gasteiger partial charge in [-0.1, -0.05) is 6.07 Å². The van der Waals surface area contributed by atoms with E-state index in [0.29, 0.717) is 0 Å². The Bertz CT molecular complexity index is 536. The van der Waals surface area contributed by atoms with Crippen molar-refractivity contribution >= 4 is 11.6 Å². The van der Waals surface area contributed by atoms with Crippen molar-refractivity contribution in [2.75, 3.05) is 18.5 Å². The molecule has 1 heterocycles. The van der Waals surface area contributed by atoms with Crippen LogP contribution in [0.25, 0.3) is 0 Å². The van der Waals surface area contributed by atoms with Gasteiger partial charge in [0, 0.05) is 17.8 Å². The molecule has 1 amide bonds. The predicted octanol–water partition coefficient (Wildman–Crippen LogP) is 1.89. The lowest BCUT2D eigenvalue weighted by Crippen LogP contribution is -2.47. The Hall–Kier alpha value is -1.80. The van der Waals surface area contributed by atoms with Crippen LogP contribution < -0.4 is 15.8 Å². The van der Waals surface area contributed by atoms with Crippen LogP contribution in [0.15, 0.2) is 24.3 Å². The third-order valence-corrected chi connectivity index (χ3v) is 3.36. The summed E-state index contributed by atoms with van der Waals surface area (Å²) in [5.74, 6) is -0.811. The fraction of sp³-hybridized carbons (Fsp3) is 0.462. The average Bonchev–Trinajstić information content (AvgIpc) is 2.69. The fourth-order valence-electron chi connectivity index (χ4n) is 1.97. The SMILES string of the molecule is CC1(C(=O)Nc2cccc(OC(F)(F)F)c2)COCC1N. The molecule has 1 fully saturated rings. The molecule has 2 rings (SSSR count). The normalized spacial score (nSPS) is 25.7. The lowest BCUT2D eigenvalue weighted by atomic mass is 9.85. The van der Waals surface area contributed by atoms with Crippen molar-refractivity contribution < 1.29 is 27.4 Å². The Morgan fingerprint density at radius 3 is 2.81 bits per heavy atom. The zero-order chi connectivity index (χ0) is 15.7. The molecule has 0 radical (unpaired) electrons. The molecule has 0 aromatic heterocycles. The quantitative estimate of drug-likeness (QED) is 0.894. The molecule has 0 spiro atoms. The molecule has 116 valence electrons. The van der Waals surface area contributed by atoms with Gasteiger partial charge in [0.05, 0.1) is 18.6 Å². The Labute approximate surface area is 119 Å². The van der Waals surface area contributed by atoms with E-state index >= 15 is 0 Å². The summed E-state index contributed by atoms with van der Waals surface area (Å²) in [5.41, 5.74) is 5.10. The van der Waals surface area contributed by atoms with E-state index in [2.05, 4.69) is 10.1 Å². The number of hydrogen-bond donors (Lipinski definition) is 2. The molecule has 1 aliphatic rings. The van der Waals surface area contributed by atoms with E-state index in [1.165, 1.54) is 12.1 Å². The van der Waals surface area contributed by atoms with Gasteiger partial charge >= 0.3 is 6.36 Å². The van der Waals surface area contributed by atoms with Crippen LogP contribution >= 0.6 is 0 Å². The predicted molar refractivity (Wildman–Crippen MR) is 68.7 cm³/mol. The lowest BCUT2D eigenvalue weighted by molar-refractivity contribution is -0.274. The van der Waals surface area contributed by atoms with E-state index in [0.717, 1.165) is 12.1 Å². The highest BCUT2D eigenvalue weighted by atomic mass is 19.4. The molecule has 3 N–H and O–H groups in total. The first-order chi connectivity index (χ1) is 9.71. The Kier molecular flexibility index (Phi) is 4.11. The minimum absolute atomic E-state index is 0.165. The summed E-state index contributed by atoms with van der Waals surface area (Å²) in [6.07, 6.45) is -4.78. The van der Waals surface area contributed by atoms with Crippen molar-refractivity contribution in [3.8, 4) is 5.75 Å². The van der Waals surface area contributed by atoms with E-state index in [1.54, 1.807) is 6.92 Å². The molecule has 0 saturated carbocycles. The Balaban J connectivity index is 2.09. The van der Waals surface area contributed by atoms with Gasteiger partial charge in [0.1, 0.15) is 5.75 Å². The second-order valence-electron chi connectivity index (χ2n) is 5.07. The summed E-state index contributed by atoms with van der Waals surface area (Å²) in [7, 11) is 0. The molecule has 2 unspecified atom stereocenters. The second kappa shape index (κ2) is 5.53. The standard InChI is InChI=1S/C13H15F3N2O3/c1-12(7-20-6-10(12)17)11(19)18-8-3-2-4-9(5-8)21-13(14,15)16/h2-5,10H,6-7,17H2,1H3,(H,18,19). The molecule has 1 aromatic rings. The summed E-state index contributed by atoms with van der Waals surface area (Å²) >= 11 is 0. The number of carbonyl (C=O) groups excluding carboxylic acids is 1. The molecule has 2 atom stereocenters. The van der Waals surface area contributed by atoms with Crippen LogP contribution in [0.2, 0.25) is 0 Å². The fourth-order valence-corrected chi connectivity index (χ4v) is 1.97. The maximum absolute atomic E-state index is 12.2. The number of nitrogens with two attached hydrogens (primary N) is 1. The first-order valence-electron chi connectivity index (χ1n) is 6.21. The van der Waals surface area contributed by atoms with E-state index in [-0.39, 0.29) is 18.9 Å². The van der Waals surface area contributed by atoms with Gasteiger partial charge in [-0.3, -0.25) is 4.79 Å². The van der Waals surface area contributed by atoms with Crippen LogP contribution in [0.4, 0.5) is 18.9 Å². The lowest BCUT2D eigenvalue weighted by Gasteiger charge is -2.25. The molecule has 21 heavy (non-hydrogen) atoms. The number of alkyl halides is 3. The van der Waals surface area contributed by atoms with Crippen LogP contribution in [0, 0.1) is 5.41 Å². The molecule has 1 aliphatic heterocycles. The summed E-state index contributed by atoms with van der Waals surface area (Å²) in [5, 5.41) is 2.53. The van der Waals surface area contributed by atoms with Gasteiger partial charge in [0.25, 0.3) is 0 Å². The van der Waals surface area contributed by atoms with Crippen LogP contribution in [0.3, 0.4) is 0 Å². The third-order valence-electron chi connectivity index (χ3n) is 3.36. The van der Waals surface area contributed by atoms with Crippen molar-refractivity contribution in [3.05, 3.63) is 24.3 Å². The van der Waals surface area contributed by atoms with Crippen LogP contribution in [0.1, 0.15) is 6.92 Å². The minimum atomic E-state index is -4.78. The second-order valence-corrected chi connectivity index (χ2v) is 5.07. The molecular formula is C13H15F3N2O3. The van der Waals surface area contributed by atoms with Crippen LogP contribution in [-0.2, 0) is 9.53 Å². The molecule has 5 nitrogen and oxygen atoms in total. The minimum Gasteiger partial charge on any atom is -0.406 e. The monoisotopic (exact) mass is 304 g/mol. The van der Waals surface area contributed by atoms with E-state index in [4.69, 9.17) is 10.5 Å². The molecule has 1 saturated heterocycles. The van der Waals surface area contributed by atoms with E-state index in [9.17, 15) is 18.0 Å². The summed E-state index contributed by atoms with van der Waals surface area (Å²) < 4.78 is 45.4. The van der Waals surface area contributed by atoms with Crippen molar-refractivity contribution in [2.45, 2.75) is 19.3 Å². The van der Waals surface area contributed by atoms with Crippen molar-refractivity contribution in [2.24, 2.45) is 11.1 Å². The number of rotatable bonds is 3. The Morgan fingerprint density at radius 1 is 1.52 bits per heavy atom. The van der Waals surface area contributed by atoms with E-state index < -0.39 is 29.5 Å². The highest BCUT2D eigenvalue weighted by molar-refractivity contribution is 5.96. The number of halogens is 3. The van der Waals surface area contributed by atoms with Gasteiger partial charge < -0.3 is 20.5 Å². The Morgan fingerprint density at radius 2 is 2.24 bits per heavy atom. The van der Waals surface area contributed by atoms with Gasteiger partial charge in [-0.25, -0.2) is 0 Å². The first kappa shape index (κ1) is 15.6. The zero-order valence-electron chi connectivity index (χ0n) is 11.2. The van der Waals surface area contributed by atoms with Gasteiger partial charge in [-0.15, -0.1) is 13.2 Å². The van der Waals surface area contributed by atoms with Gasteiger partial charge in [-0.2, -0.15) is 0 Å². The molecular weight excluding hydrogens is 289 g/mol. The summed E-state index contributed by atoms with van der Waals surface area (Å²) in [6, 6.07) is 4.59.